The van der Waals surface area contributed by atoms with E-state index in [2.05, 4.69) is 10.1 Å². The first-order chi connectivity index (χ1) is 7.95. The zero-order valence-electron chi connectivity index (χ0n) is 9.54. The second-order valence-corrected chi connectivity index (χ2v) is 3.45. The van der Waals surface area contributed by atoms with Crippen molar-refractivity contribution in [2.45, 2.75) is 6.92 Å². The molecule has 0 aliphatic carbocycles. The summed E-state index contributed by atoms with van der Waals surface area (Å²) >= 11 is 0. The molecule has 0 heterocycles. The maximum Gasteiger partial charge on any atom is 0.341 e. The molecule has 0 unspecified atom stereocenters. The molecule has 6 heteroatoms. The van der Waals surface area contributed by atoms with Gasteiger partial charge >= 0.3 is 5.97 Å². The van der Waals surface area contributed by atoms with E-state index >= 15 is 0 Å². The Hall–Kier alpha value is -2.11. The van der Waals surface area contributed by atoms with Gasteiger partial charge in [0.1, 0.15) is 5.82 Å². The molecule has 0 spiro atoms. The van der Waals surface area contributed by atoms with E-state index in [4.69, 9.17) is 5.73 Å². The van der Waals surface area contributed by atoms with Crippen LogP contribution >= 0.6 is 0 Å². The average molecular weight is 240 g/mol. The highest BCUT2D eigenvalue weighted by atomic mass is 19.1. The van der Waals surface area contributed by atoms with Crippen LogP contribution in [-0.4, -0.2) is 25.5 Å². The lowest BCUT2D eigenvalue weighted by Gasteiger charge is -2.07. The summed E-state index contributed by atoms with van der Waals surface area (Å²) in [4.78, 5) is 22.4. The summed E-state index contributed by atoms with van der Waals surface area (Å²) in [6.45, 7) is 1.03. The van der Waals surface area contributed by atoms with E-state index in [0.29, 0.717) is 0 Å². The van der Waals surface area contributed by atoms with Crippen molar-refractivity contribution in [3.05, 3.63) is 29.1 Å². The maximum atomic E-state index is 13.6. The topological polar surface area (TPSA) is 81.4 Å². The van der Waals surface area contributed by atoms with Crippen molar-refractivity contribution in [1.29, 1.82) is 0 Å². The number of nitrogens with one attached hydrogen (secondary N) is 1. The first-order valence-electron chi connectivity index (χ1n) is 4.89. The van der Waals surface area contributed by atoms with E-state index in [1.165, 1.54) is 26.1 Å². The minimum Gasteiger partial charge on any atom is -0.452 e. The third kappa shape index (κ3) is 3.17. The summed E-state index contributed by atoms with van der Waals surface area (Å²) in [5, 5.41) is 2.27. The average Bonchev–Trinajstić information content (AvgIpc) is 2.30. The molecule has 0 saturated carbocycles. The highest BCUT2D eigenvalue weighted by Gasteiger charge is 2.16. The predicted molar refractivity (Wildman–Crippen MR) is 59.9 cm³/mol. The Morgan fingerprint density at radius 1 is 1.47 bits per heavy atom. The fourth-order valence-electron chi connectivity index (χ4n) is 1.23. The lowest BCUT2D eigenvalue weighted by molar-refractivity contribution is -0.123. The van der Waals surface area contributed by atoms with Crippen LogP contribution in [-0.2, 0) is 9.53 Å². The van der Waals surface area contributed by atoms with Crippen molar-refractivity contribution < 1.29 is 18.7 Å². The molecule has 92 valence electrons. The molecule has 17 heavy (non-hydrogen) atoms. The number of benzene rings is 1. The maximum absolute atomic E-state index is 13.6. The standard InChI is InChI=1S/C11H13FN2O3/c1-6-3-7(13)4-8(10(6)12)11(16)17-5-9(15)14-2/h3-4H,5,13H2,1-2H3,(H,14,15). The Balaban J connectivity index is 2.86. The second-order valence-electron chi connectivity index (χ2n) is 3.45. The van der Waals surface area contributed by atoms with E-state index in [9.17, 15) is 14.0 Å². The summed E-state index contributed by atoms with van der Waals surface area (Å²) in [6.07, 6.45) is 0. The van der Waals surface area contributed by atoms with Gasteiger partial charge in [0, 0.05) is 12.7 Å². The van der Waals surface area contributed by atoms with Crippen LogP contribution in [0.1, 0.15) is 15.9 Å². The van der Waals surface area contributed by atoms with E-state index in [1.807, 2.05) is 0 Å². The largest absolute Gasteiger partial charge is 0.452 e. The van der Waals surface area contributed by atoms with Crippen LogP contribution in [0, 0.1) is 12.7 Å². The van der Waals surface area contributed by atoms with Crippen molar-refractivity contribution in [2.75, 3.05) is 19.4 Å². The Kier molecular flexibility index (Phi) is 4.03. The van der Waals surface area contributed by atoms with Crippen LogP contribution in [0.3, 0.4) is 0 Å². The molecule has 0 aromatic heterocycles. The van der Waals surface area contributed by atoms with Gasteiger partial charge in [0.05, 0.1) is 5.56 Å². The Morgan fingerprint density at radius 2 is 2.12 bits per heavy atom. The molecular formula is C11H13FN2O3. The number of halogens is 1. The molecule has 0 aliphatic heterocycles. The van der Waals surface area contributed by atoms with E-state index < -0.39 is 24.3 Å². The number of nitrogen functional groups attached to an aromatic ring is 1. The highest BCUT2D eigenvalue weighted by Crippen LogP contribution is 2.17. The molecule has 0 fully saturated rings. The number of esters is 1. The predicted octanol–water partition coefficient (Wildman–Crippen LogP) is 0.619. The molecule has 0 atom stereocenters. The fourth-order valence-corrected chi connectivity index (χ4v) is 1.23. The summed E-state index contributed by atoms with van der Waals surface area (Å²) in [6, 6.07) is 2.58. The molecule has 1 aromatic carbocycles. The molecule has 0 saturated heterocycles. The van der Waals surface area contributed by atoms with Crippen molar-refractivity contribution >= 4 is 17.6 Å². The quantitative estimate of drug-likeness (QED) is 0.599. The van der Waals surface area contributed by atoms with Crippen LogP contribution in [0.5, 0.6) is 0 Å². The molecular weight excluding hydrogens is 227 g/mol. The van der Waals surface area contributed by atoms with Crippen LogP contribution in [0.25, 0.3) is 0 Å². The third-order valence-corrected chi connectivity index (χ3v) is 2.11. The van der Waals surface area contributed by atoms with Gasteiger partial charge in [-0.15, -0.1) is 0 Å². The lowest BCUT2D eigenvalue weighted by Crippen LogP contribution is -2.25. The Bertz CT molecular complexity index is 460. The van der Waals surface area contributed by atoms with Gasteiger partial charge < -0.3 is 15.8 Å². The molecule has 0 aliphatic rings. The molecule has 0 bridgehead atoms. The van der Waals surface area contributed by atoms with Crippen LogP contribution < -0.4 is 11.1 Å². The smallest absolute Gasteiger partial charge is 0.341 e. The summed E-state index contributed by atoms with van der Waals surface area (Å²) in [5.41, 5.74) is 5.73. The minimum atomic E-state index is -0.915. The number of amides is 1. The van der Waals surface area contributed by atoms with Crippen LogP contribution in [0.4, 0.5) is 10.1 Å². The fraction of sp³-hybridized carbons (Fsp3) is 0.273. The molecule has 1 aromatic rings. The van der Waals surface area contributed by atoms with Crippen molar-refractivity contribution in [2.24, 2.45) is 0 Å². The Labute approximate surface area is 97.7 Å². The highest BCUT2D eigenvalue weighted by molar-refractivity contribution is 5.92. The number of hydrogen-bond donors (Lipinski definition) is 2. The van der Waals surface area contributed by atoms with Gasteiger partial charge in [-0.2, -0.15) is 0 Å². The SMILES string of the molecule is CNC(=O)COC(=O)c1cc(N)cc(C)c1F. The third-order valence-electron chi connectivity index (χ3n) is 2.11. The first kappa shape index (κ1) is 13.0. The van der Waals surface area contributed by atoms with Crippen LogP contribution in [0.2, 0.25) is 0 Å². The second kappa shape index (κ2) is 5.29. The number of carbonyl (C=O) groups is 2. The van der Waals surface area contributed by atoms with E-state index in [1.54, 1.807) is 0 Å². The normalized spacial score (nSPS) is 9.82. The van der Waals surface area contributed by atoms with Gasteiger partial charge in [-0.25, -0.2) is 9.18 Å². The molecule has 1 rings (SSSR count). The monoisotopic (exact) mass is 240 g/mol. The number of likely N-dealkylation sites (N-methyl/N-ethyl adjacent to an activating group) is 1. The summed E-state index contributed by atoms with van der Waals surface area (Å²) < 4.78 is 18.2. The molecule has 1 amide bonds. The number of rotatable bonds is 3. The molecule has 3 N–H and O–H groups in total. The lowest BCUT2D eigenvalue weighted by atomic mass is 10.1. The number of hydrogen-bond acceptors (Lipinski definition) is 4. The number of carbonyl (C=O) groups excluding carboxylic acids is 2. The van der Waals surface area contributed by atoms with Crippen LogP contribution in [0.15, 0.2) is 12.1 Å². The van der Waals surface area contributed by atoms with Gasteiger partial charge in [0.25, 0.3) is 5.91 Å². The molecule has 5 nitrogen and oxygen atoms in total. The van der Waals surface area contributed by atoms with Gasteiger partial charge in [-0.1, -0.05) is 0 Å². The zero-order valence-corrected chi connectivity index (χ0v) is 9.54. The molecule has 0 radical (unpaired) electrons. The number of nitrogens with two attached hydrogens (primary N) is 1. The first-order valence-corrected chi connectivity index (χ1v) is 4.89. The van der Waals surface area contributed by atoms with E-state index in [0.717, 1.165) is 0 Å². The number of aryl methyl sites for hydroxylation is 1. The van der Waals surface area contributed by atoms with Crippen molar-refractivity contribution in [3.63, 3.8) is 0 Å². The summed E-state index contributed by atoms with van der Waals surface area (Å²) in [5.74, 6) is -2.08. The van der Waals surface area contributed by atoms with Gasteiger partial charge in [0.15, 0.2) is 6.61 Å². The van der Waals surface area contributed by atoms with Gasteiger partial charge in [-0.05, 0) is 24.6 Å². The zero-order chi connectivity index (χ0) is 13.0. The minimum absolute atomic E-state index is 0.247. The van der Waals surface area contributed by atoms with Gasteiger partial charge in [0.2, 0.25) is 0 Å². The number of ether oxygens (including phenoxy) is 1. The Morgan fingerprint density at radius 3 is 2.71 bits per heavy atom. The summed E-state index contributed by atoms with van der Waals surface area (Å²) in [7, 11) is 1.40. The van der Waals surface area contributed by atoms with Gasteiger partial charge in [-0.3, -0.25) is 4.79 Å². The van der Waals surface area contributed by atoms with Crippen molar-refractivity contribution in [3.8, 4) is 0 Å². The van der Waals surface area contributed by atoms with Crippen molar-refractivity contribution in [1.82, 2.24) is 5.32 Å². The van der Waals surface area contributed by atoms with E-state index in [-0.39, 0.29) is 16.8 Å². The number of anilines is 1.